The van der Waals surface area contributed by atoms with E-state index in [0.29, 0.717) is 12.0 Å². The van der Waals surface area contributed by atoms with E-state index in [2.05, 4.69) is 62.3 Å². The summed E-state index contributed by atoms with van der Waals surface area (Å²) in [6.07, 6.45) is 0.616. The van der Waals surface area contributed by atoms with Gasteiger partial charge in [-0.1, -0.05) is 50.1 Å². The van der Waals surface area contributed by atoms with Crippen molar-refractivity contribution in [3.63, 3.8) is 0 Å². The zero-order valence-electron chi connectivity index (χ0n) is 11.4. The number of nitrogens with one attached hydrogen (secondary N) is 1. The first kappa shape index (κ1) is 15.7. The summed E-state index contributed by atoms with van der Waals surface area (Å²) in [6, 6.07) is 11.5. The van der Waals surface area contributed by atoms with Crippen molar-refractivity contribution in [2.45, 2.75) is 19.4 Å². The minimum absolute atomic E-state index is 0.0857. The van der Waals surface area contributed by atoms with E-state index >= 15 is 0 Å². The molecule has 2 aromatic rings. The summed E-state index contributed by atoms with van der Waals surface area (Å²) in [5, 5.41) is 3.26. The predicted molar refractivity (Wildman–Crippen MR) is 88.5 cm³/mol. The molecule has 0 spiro atoms. The zero-order valence-corrected chi connectivity index (χ0v) is 14.6. The Balaban J connectivity index is 2.26. The maximum atomic E-state index is 13.9. The maximum Gasteiger partial charge on any atom is 0.127 e. The van der Waals surface area contributed by atoms with Gasteiger partial charge in [0.15, 0.2) is 0 Å². The SMILES string of the molecule is CNC(Cc1ccc(Br)cc1F)c1ccc(C)c(Br)c1. The van der Waals surface area contributed by atoms with Crippen molar-refractivity contribution in [2.75, 3.05) is 7.05 Å². The molecule has 106 valence electrons. The summed E-state index contributed by atoms with van der Waals surface area (Å²) in [6.45, 7) is 2.05. The van der Waals surface area contributed by atoms with Gasteiger partial charge in [-0.15, -0.1) is 0 Å². The van der Waals surface area contributed by atoms with Crippen LogP contribution in [-0.2, 0) is 6.42 Å². The number of halogens is 3. The van der Waals surface area contributed by atoms with Gasteiger partial charge in [-0.05, 0) is 55.3 Å². The van der Waals surface area contributed by atoms with Gasteiger partial charge in [0, 0.05) is 15.0 Å². The number of likely N-dealkylation sites (N-methyl/N-ethyl adjacent to an activating group) is 1. The molecule has 0 amide bonds. The molecule has 1 atom stereocenters. The lowest BCUT2D eigenvalue weighted by Gasteiger charge is -2.18. The molecule has 2 aromatic carbocycles. The largest absolute Gasteiger partial charge is 0.313 e. The molecule has 0 aliphatic carbocycles. The van der Waals surface area contributed by atoms with Crippen molar-refractivity contribution in [3.8, 4) is 0 Å². The summed E-state index contributed by atoms with van der Waals surface area (Å²) < 4.78 is 15.8. The van der Waals surface area contributed by atoms with Crippen LogP contribution in [0.5, 0.6) is 0 Å². The van der Waals surface area contributed by atoms with Crippen LogP contribution in [-0.4, -0.2) is 7.05 Å². The Morgan fingerprint density at radius 2 is 1.90 bits per heavy atom. The summed E-state index contributed by atoms with van der Waals surface area (Å²) in [5.41, 5.74) is 3.05. The van der Waals surface area contributed by atoms with Gasteiger partial charge in [0.1, 0.15) is 5.82 Å². The molecular weight excluding hydrogens is 385 g/mol. The highest BCUT2D eigenvalue weighted by molar-refractivity contribution is 9.10. The van der Waals surface area contributed by atoms with Crippen molar-refractivity contribution >= 4 is 31.9 Å². The fourth-order valence-corrected chi connectivity index (χ4v) is 2.85. The third-order valence-corrected chi connectivity index (χ3v) is 4.73. The van der Waals surface area contributed by atoms with Gasteiger partial charge in [-0.25, -0.2) is 4.39 Å². The Labute approximate surface area is 135 Å². The monoisotopic (exact) mass is 399 g/mol. The van der Waals surface area contributed by atoms with E-state index in [1.807, 2.05) is 19.2 Å². The van der Waals surface area contributed by atoms with Crippen LogP contribution in [0, 0.1) is 12.7 Å². The molecule has 0 saturated carbocycles. The van der Waals surface area contributed by atoms with Gasteiger partial charge < -0.3 is 5.32 Å². The molecule has 4 heteroatoms. The van der Waals surface area contributed by atoms with Crippen LogP contribution in [0.4, 0.5) is 4.39 Å². The smallest absolute Gasteiger partial charge is 0.127 e. The van der Waals surface area contributed by atoms with Crippen LogP contribution in [0.1, 0.15) is 22.7 Å². The van der Waals surface area contributed by atoms with Crippen molar-refractivity contribution < 1.29 is 4.39 Å². The molecule has 0 fully saturated rings. The molecule has 0 radical (unpaired) electrons. The summed E-state index contributed by atoms with van der Waals surface area (Å²) in [5.74, 6) is -0.175. The predicted octanol–water partition coefficient (Wildman–Crippen LogP) is 5.16. The van der Waals surface area contributed by atoms with E-state index < -0.39 is 0 Å². The topological polar surface area (TPSA) is 12.0 Å². The third-order valence-electron chi connectivity index (χ3n) is 3.39. The van der Waals surface area contributed by atoms with Crippen molar-refractivity contribution in [3.05, 3.63) is 67.9 Å². The Morgan fingerprint density at radius 3 is 2.50 bits per heavy atom. The van der Waals surface area contributed by atoms with E-state index in [0.717, 1.165) is 14.5 Å². The first-order valence-corrected chi connectivity index (χ1v) is 7.97. The average molecular weight is 401 g/mol. The minimum Gasteiger partial charge on any atom is -0.313 e. The molecular formula is C16H16Br2FN. The van der Waals surface area contributed by atoms with Crippen LogP contribution >= 0.6 is 31.9 Å². The molecule has 1 unspecified atom stereocenters. The van der Waals surface area contributed by atoms with Crippen LogP contribution in [0.25, 0.3) is 0 Å². The lowest BCUT2D eigenvalue weighted by molar-refractivity contribution is 0.554. The molecule has 2 rings (SSSR count). The van der Waals surface area contributed by atoms with Gasteiger partial charge in [-0.3, -0.25) is 0 Å². The first-order chi connectivity index (χ1) is 9.51. The van der Waals surface area contributed by atoms with E-state index in [9.17, 15) is 4.39 Å². The van der Waals surface area contributed by atoms with E-state index in [1.54, 1.807) is 0 Å². The molecule has 0 aliphatic heterocycles. The number of benzene rings is 2. The fourth-order valence-electron chi connectivity index (χ4n) is 2.12. The Hall–Kier alpha value is -0.710. The van der Waals surface area contributed by atoms with Crippen molar-refractivity contribution in [1.82, 2.24) is 5.32 Å². The summed E-state index contributed by atoms with van der Waals surface area (Å²) in [4.78, 5) is 0. The second-order valence-corrected chi connectivity index (χ2v) is 6.56. The fraction of sp³-hybridized carbons (Fsp3) is 0.250. The number of rotatable bonds is 4. The second kappa shape index (κ2) is 6.83. The van der Waals surface area contributed by atoms with E-state index in [1.165, 1.54) is 11.6 Å². The molecule has 1 N–H and O–H groups in total. The third kappa shape index (κ3) is 3.68. The number of hydrogen-bond acceptors (Lipinski definition) is 1. The van der Waals surface area contributed by atoms with Crippen molar-refractivity contribution in [1.29, 1.82) is 0 Å². The maximum absolute atomic E-state index is 13.9. The lowest BCUT2D eigenvalue weighted by Crippen LogP contribution is -2.19. The van der Waals surface area contributed by atoms with Gasteiger partial charge in [-0.2, -0.15) is 0 Å². The number of aryl methyl sites for hydroxylation is 1. The van der Waals surface area contributed by atoms with Crippen LogP contribution in [0.15, 0.2) is 45.3 Å². The van der Waals surface area contributed by atoms with Gasteiger partial charge in [0.25, 0.3) is 0 Å². The molecule has 0 saturated heterocycles. The first-order valence-electron chi connectivity index (χ1n) is 6.38. The minimum atomic E-state index is -0.175. The molecule has 0 aliphatic rings. The Morgan fingerprint density at radius 1 is 1.15 bits per heavy atom. The van der Waals surface area contributed by atoms with Gasteiger partial charge in [0.2, 0.25) is 0 Å². The van der Waals surface area contributed by atoms with Crippen LogP contribution in [0.2, 0.25) is 0 Å². The molecule has 0 bridgehead atoms. The number of hydrogen-bond donors (Lipinski definition) is 1. The van der Waals surface area contributed by atoms with E-state index in [4.69, 9.17) is 0 Å². The molecule has 0 heterocycles. The molecule has 0 aromatic heterocycles. The second-order valence-electron chi connectivity index (χ2n) is 4.79. The van der Waals surface area contributed by atoms with Crippen LogP contribution < -0.4 is 5.32 Å². The lowest BCUT2D eigenvalue weighted by atomic mass is 9.98. The molecule has 1 nitrogen and oxygen atoms in total. The highest BCUT2D eigenvalue weighted by atomic mass is 79.9. The normalized spacial score (nSPS) is 12.4. The van der Waals surface area contributed by atoms with E-state index in [-0.39, 0.29) is 11.9 Å². The van der Waals surface area contributed by atoms with Crippen LogP contribution in [0.3, 0.4) is 0 Å². The standard InChI is InChI=1S/C16H16Br2FN/c1-10-3-4-12(7-14(10)18)16(20-2)8-11-5-6-13(17)9-15(11)19/h3-7,9,16,20H,8H2,1-2H3. The average Bonchev–Trinajstić information content (AvgIpc) is 2.41. The summed E-state index contributed by atoms with van der Waals surface area (Å²) in [7, 11) is 1.90. The quantitative estimate of drug-likeness (QED) is 0.747. The highest BCUT2D eigenvalue weighted by Crippen LogP contribution is 2.25. The Bertz CT molecular complexity index is 613. The van der Waals surface area contributed by atoms with Gasteiger partial charge >= 0.3 is 0 Å². The summed E-state index contributed by atoms with van der Waals surface area (Å²) >= 11 is 6.83. The highest BCUT2D eigenvalue weighted by Gasteiger charge is 2.14. The van der Waals surface area contributed by atoms with Crippen molar-refractivity contribution in [2.24, 2.45) is 0 Å². The Kier molecular flexibility index (Phi) is 5.35. The van der Waals surface area contributed by atoms with Gasteiger partial charge in [0.05, 0.1) is 0 Å². The zero-order chi connectivity index (χ0) is 14.7. The molecule has 20 heavy (non-hydrogen) atoms.